The fourth-order valence-corrected chi connectivity index (χ4v) is 3.62. The molecule has 0 fully saturated rings. The van der Waals surface area contributed by atoms with Gasteiger partial charge >= 0.3 is 0 Å². The minimum absolute atomic E-state index is 0.179. The van der Waals surface area contributed by atoms with Gasteiger partial charge in [-0.1, -0.05) is 34.8 Å². The number of benzene rings is 2. The molecule has 8 heteroatoms. The molecule has 0 spiro atoms. The summed E-state index contributed by atoms with van der Waals surface area (Å²) in [5.41, 5.74) is 3.99. The van der Waals surface area contributed by atoms with Gasteiger partial charge in [0.2, 0.25) is 5.91 Å². The molecule has 0 bridgehead atoms. The highest BCUT2D eigenvalue weighted by atomic mass is 35.5. The highest BCUT2D eigenvalue weighted by molar-refractivity contribution is 7.98. The second-order valence-electron chi connectivity index (χ2n) is 5.17. The Kier molecular flexibility index (Phi) is 8.10. The first-order valence-corrected chi connectivity index (χ1v) is 10.1. The Hall–Kier alpha value is -1.40. The number of amides is 1. The summed E-state index contributed by atoms with van der Waals surface area (Å²) in [5.74, 6) is 0.185. The molecule has 2 rings (SSSR count). The zero-order valence-corrected chi connectivity index (χ0v) is 17.3. The van der Waals surface area contributed by atoms with Gasteiger partial charge in [-0.3, -0.25) is 4.79 Å². The van der Waals surface area contributed by atoms with Crippen molar-refractivity contribution in [2.24, 2.45) is 5.10 Å². The maximum absolute atomic E-state index is 12.1. The first-order valence-electron chi connectivity index (χ1n) is 7.70. The van der Waals surface area contributed by atoms with Crippen molar-refractivity contribution in [3.05, 3.63) is 56.5 Å². The molecule has 0 saturated carbocycles. The number of thioether (sulfide) groups is 1. The molecule has 1 amide bonds. The minimum atomic E-state index is -0.248. The number of hydrazone groups is 1. The van der Waals surface area contributed by atoms with Crippen LogP contribution in [-0.2, 0) is 11.2 Å². The molecular weight excluding hydrogens is 415 g/mol. The monoisotopic (exact) mass is 430 g/mol. The predicted octanol–water partition coefficient (Wildman–Crippen LogP) is 5.46. The summed E-state index contributed by atoms with van der Waals surface area (Å²) in [6.07, 6.45) is 3.60. The third-order valence-electron chi connectivity index (χ3n) is 3.31. The third-order valence-corrected chi connectivity index (χ3v) is 4.94. The Balaban J connectivity index is 2.02. The van der Waals surface area contributed by atoms with E-state index in [1.54, 1.807) is 36.0 Å². The van der Waals surface area contributed by atoms with E-state index in [0.29, 0.717) is 33.0 Å². The van der Waals surface area contributed by atoms with Crippen molar-refractivity contribution in [2.45, 2.75) is 18.2 Å². The number of nitrogens with one attached hydrogen (secondary N) is 1. The molecule has 0 heterocycles. The number of carbonyl (C=O) groups is 1. The lowest BCUT2D eigenvalue weighted by Crippen LogP contribution is -2.20. The zero-order valence-electron chi connectivity index (χ0n) is 14.2. The van der Waals surface area contributed by atoms with Crippen LogP contribution in [0.15, 0.2) is 40.3 Å². The summed E-state index contributed by atoms with van der Waals surface area (Å²) in [6.45, 7) is 2.31. The van der Waals surface area contributed by atoms with E-state index in [4.69, 9.17) is 39.5 Å². The smallest absolute Gasteiger partial charge is 0.244 e. The number of nitrogens with zero attached hydrogens (tertiary/aromatic N) is 1. The average Bonchev–Trinajstić information content (AvgIpc) is 2.58. The molecule has 1 N–H and O–H groups in total. The minimum Gasteiger partial charge on any atom is -0.491 e. The quantitative estimate of drug-likeness (QED) is 0.360. The van der Waals surface area contributed by atoms with Gasteiger partial charge in [0.15, 0.2) is 5.75 Å². The van der Waals surface area contributed by atoms with Crippen LogP contribution in [-0.4, -0.2) is 25.0 Å². The van der Waals surface area contributed by atoms with Gasteiger partial charge < -0.3 is 4.74 Å². The molecule has 0 unspecified atom stereocenters. The molecule has 0 radical (unpaired) electrons. The maximum atomic E-state index is 12.1. The normalized spacial score (nSPS) is 11.0. The van der Waals surface area contributed by atoms with Crippen LogP contribution >= 0.6 is 46.6 Å². The van der Waals surface area contributed by atoms with Crippen LogP contribution in [0, 0.1) is 0 Å². The molecule has 0 aromatic heterocycles. The lowest BCUT2D eigenvalue weighted by molar-refractivity contribution is -0.120. The third kappa shape index (κ3) is 5.81. The van der Waals surface area contributed by atoms with Crippen LogP contribution in [0.4, 0.5) is 0 Å². The molecule has 0 aliphatic rings. The predicted molar refractivity (Wildman–Crippen MR) is 110 cm³/mol. The van der Waals surface area contributed by atoms with E-state index in [1.807, 2.05) is 19.2 Å². The number of halogens is 3. The molecule has 0 aliphatic carbocycles. The highest BCUT2D eigenvalue weighted by Gasteiger charge is 2.10. The van der Waals surface area contributed by atoms with E-state index in [1.165, 1.54) is 6.21 Å². The number of ether oxygens (including phenoxy) is 1. The van der Waals surface area contributed by atoms with Gasteiger partial charge in [0, 0.05) is 9.92 Å². The van der Waals surface area contributed by atoms with Crippen LogP contribution in [0.1, 0.15) is 18.1 Å². The molecule has 138 valence electrons. The lowest BCUT2D eigenvalue weighted by atomic mass is 10.1. The van der Waals surface area contributed by atoms with Crippen LogP contribution in [0.2, 0.25) is 15.1 Å². The van der Waals surface area contributed by atoms with Gasteiger partial charge in [0.05, 0.1) is 29.3 Å². The second-order valence-corrected chi connectivity index (χ2v) is 7.27. The van der Waals surface area contributed by atoms with Crippen molar-refractivity contribution in [2.75, 3.05) is 12.9 Å². The summed E-state index contributed by atoms with van der Waals surface area (Å²) in [4.78, 5) is 13.1. The molecule has 0 aliphatic heterocycles. The first kappa shape index (κ1) is 20.9. The Morgan fingerprint density at radius 1 is 1.23 bits per heavy atom. The molecule has 2 aromatic carbocycles. The summed E-state index contributed by atoms with van der Waals surface area (Å²) < 4.78 is 5.37. The summed E-state index contributed by atoms with van der Waals surface area (Å²) >= 11 is 19.8. The van der Waals surface area contributed by atoms with Crippen molar-refractivity contribution in [1.29, 1.82) is 0 Å². The summed E-state index contributed by atoms with van der Waals surface area (Å²) in [5, 5.41) is 5.31. The Morgan fingerprint density at radius 2 is 1.92 bits per heavy atom. The lowest BCUT2D eigenvalue weighted by Gasteiger charge is -2.08. The van der Waals surface area contributed by atoms with E-state index in [0.717, 1.165) is 10.5 Å². The van der Waals surface area contributed by atoms with Gasteiger partial charge in [-0.25, -0.2) is 5.43 Å². The standard InChI is InChI=1S/C18H17Cl3N2O2S/c1-3-25-18-14(20)6-11(7-15(18)21)10-22-23-17(24)9-12-8-13(19)4-5-16(12)26-2/h4-8,10H,3,9H2,1-2H3,(H,23,24)/b22-10-. The largest absolute Gasteiger partial charge is 0.491 e. The Bertz CT molecular complexity index is 805. The molecule has 0 saturated heterocycles. The van der Waals surface area contributed by atoms with Gasteiger partial charge in [-0.15, -0.1) is 11.8 Å². The van der Waals surface area contributed by atoms with Gasteiger partial charge in [0.25, 0.3) is 0 Å². The van der Waals surface area contributed by atoms with Crippen LogP contribution in [0.3, 0.4) is 0 Å². The second kappa shape index (κ2) is 10.1. The van der Waals surface area contributed by atoms with E-state index < -0.39 is 0 Å². The first-order chi connectivity index (χ1) is 12.4. The fraction of sp³-hybridized carbons (Fsp3) is 0.222. The summed E-state index contributed by atoms with van der Waals surface area (Å²) in [6, 6.07) is 8.80. The van der Waals surface area contributed by atoms with Crippen LogP contribution in [0.25, 0.3) is 0 Å². The molecule has 2 aromatic rings. The fourth-order valence-electron chi connectivity index (χ4n) is 2.21. The number of rotatable bonds is 7. The van der Waals surface area contributed by atoms with E-state index in [2.05, 4.69) is 10.5 Å². The van der Waals surface area contributed by atoms with Gasteiger partial charge in [-0.2, -0.15) is 5.10 Å². The molecule has 0 atom stereocenters. The maximum Gasteiger partial charge on any atom is 0.244 e. The molecular formula is C18H17Cl3N2O2S. The van der Waals surface area contributed by atoms with Crippen LogP contribution in [0.5, 0.6) is 5.75 Å². The summed E-state index contributed by atoms with van der Waals surface area (Å²) in [7, 11) is 0. The Morgan fingerprint density at radius 3 is 2.54 bits per heavy atom. The Labute approximate surface area is 171 Å². The number of hydrogen-bond donors (Lipinski definition) is 1. The van der Waals surface area contributed by atoms with Crippen molar-refractivity contribution in [1.82, 2.24) is 5.43 Å². The SMILES string of the molecule is CCOc1c(Cl)cc(/C=N\NC(=O)Cc2cc(Cl)ccc2SC)cc1Cl. The average molecular weight is 432 g/mol. The van der Waals surface area contributed by atoms with Gasteiger partial charge in [-0.05, 0) is 54.6 Å². The van der Waals surface area contributed by atoms with Crippen molar-refractivity contribution >= 4 is 58.7 Å². The van der Waals surface area contributed by atoms with Gasteiger partial charge in [0.1, 0.15) is 0 Å². The van der Waals surface area contributed by atoms with Crippen molar-refractivity contribution < 1.29 is 9.53 Å². The molecule has 26 heavy (non-hydrogen) atoms. The van der Waals surface area contributed by atoms with E-state index >= 15 is 0 Å². The van der Waals surface area contributed by atoms with E-state index in [9.17, 15) is 4.79 Å². The molecule has 4 nitrogen and oxygen atoms in total. The van der Waals surface area contributed by atoms with Crippen molar-refractivity contribution in [3.8, 4) is 5.75 Å². The van der Waals surface area contributed by atoms with Crippen molar-refractivity contribution in [3.63, 3.8) is 0 Å². The number of carbonyl (C=O) groups excluding carboxylic acids is 1. The topological polar surface area (TPSA) is 50.7 Å². The zero-order chi connectivity index (χ0) is 19.1. The number of hydrogen-bond acceptors (Lipinski definition) is 4. The van der Waals surface area contributed by atoms with Crippen LogP contribution < -0.4 is 10.2 Å². The van der Waals surface area contributed by atoms with E-state index in [-0.39, 0.29) is 12.3 Å². The highest BCUT2D eigenvalue weighted by Crippen LogP contribution is 2.33.